The summed E-state index contributed by atoms with van der Waals surface area (Å²) in [5.74, 6) is 1.75. The van der Waals surface area contributed by atoms with Gasteiger partial charge in [-0.05, 0) is 30.5 Å². The number of aromatic nitrogens is 3. The van der Waals surface area contributed by atoms with Gasteiger partial charge in [0.2, 0.25) is 0 Å². The molecule has 2 heterocycles. The maximum absolute atomic E-state index is 4.50. The Morgan fingerprint density at radius 1 is 1.11 bits per heavy atom. The minimum atomic E-state index is 0.651. The van der Waals surface area contributed by atoms with Crippen molar-refractivity contribution in [2.45, 2.75) is 19.9 Å². The Morgan fingerprint density at radius 2 is 1.93 bits per heavy atom. The molecule has 0 aliphatic carbocycles. The SMILES string of the molecule is CN=C(NCCc1ccc(C)nc1)N(C)Cc1ncc(-c2ccccc2)[nH]1. The molecule has 0 amide bonds. The third-order valence-corrected chi connectivity index (χ3v) is 4.34. The van der Waals surface area contributed by atoms with Crippen LogP contribution in [0, 0.1) is 6.92 Å². The summed E-state index contributed by atoms with van der Waals surface area (Å²) in [7, 11) is 3.80. The molecule has 3 aromatic rings. The van der Waals surface area contributed by atoms with E-state index in [9.17, 15) is 0 Å². The Balaban J connectivity index is 1.53. The summed E-state index contributed by atoms with van der Waals surface area (Å²) in [5, 5.41) is 3.40. The van der Waals surface area contributed by atoms with E-state index in [0.717, 1.165) is 41.7 Å². The van der Waals surface area contributed by atoms with Crippen molar-refractivity contribution < 1.29 is 0 Å². The molecule has 0 spiro atoms. The molecule has 3 rings (SSSR count). The molecule has 6 nitrogen and oxygen atoms in total. The fraction of sp³-hybridized carbons (Fsp3) is 0.286. The summed E-state index contributed by atoms with van der Waals surface area (Å²) in [5.41, 5.74) is 4.40. The van der Waals surface area contributed by atoms with Crippen LogP contribution in [0.2, 0.25) is 0 Å². The molecule has 0 saturated carbocycles. The lowest BCUT2D eigenvalue weighted by molar-refractivity contribution is 0.464. The summed E-state index contributed by atoms with van der Waals surface area (Å²) in [6.07, 6.45) is 4.70. The van der Waals surface area contributed by atoms with Gasteiger partial charge in [-0.3, -0.25) is 9.98 Å². The molecule has 0 bridgehead atoms. The number of aromatic amines is 1. The summed E-state index contributed by atoms with van der Waals surface area (Å²) in [6, 6.07) is 14.4. The number of hydrogen-bond acceptors (Lipinski definition) is 3. The number of H-pyrrole nitrogens is 1. The summed E-state index contributed by atoms with van der Waals surface area (Å²) < 4.78 is 0. The second-order valence-electron chi connectivity index (χ2n) is 6.50. The molecule has 0 aliphatic heterocycles. The molecule has 140 valence electrons. The molecule has 27 heavy (non-hydrogen) atoms. The van der Waals surface area contributed by atoms with Crippen molar-refractivity contribution in [1.29, 1.82) is 0 Å². The number of imidazole rings is 1. The van der Waals surface area contributed by atoms with Gasteiger partial charge in [0, 0.05) is 32.5 Å². The molecule has 0 unspecified atom stereocenters. The van der Waals surface area contributed by atoms with Gasteiger partial charge in [0.15, 0.2) is 5.96 Å². The average Bonchev–Trinajstić information content (AvgIpc) is 3.16. The first-order valence-corrected chi connectivity index (χ1v) is 9.08. The highest BCUT2D eigenvalue weighted by Crippen LogP contribution is 2.16. The zero-order valence-corrected chi connectivity index (χ0v) is 16.1. The van der Waals surface area contributed by atoms with Crippen molar-refractivity contribution in [2.75, 3.05) is 20.6 Å². The smallest absolute Gasteiger partial charge is 0.193 e. The van der Waals surface area contributed by atoms with Crippen molar-refractivity contribution in [3.63, 3.8) is 0 Å². The molecule has 0 fully saturated rings. The van der Waals surface area contributed by atoms with Crippen LogP contribution in [0.3, 0.4) is 0 Å². The first-order chi connectivity index (χ1) is 13.2. The first-order valence-electron chi connectivity index (χ1n) is 9.08. The number of hydrogen-bond donors (Lipinski definition) is 2. The van der Waals surface area contributed by atoms with Gasteiger partial charge in [-0.15, -0.1) is 0 Å². The molecule has 0 atom stereocenters. The minimum absolute atomic E-state index is 0.651. The van der Waals surface area contributed by atoms with Crippen LogP contribution in [0.25, 0.3) is 11.3 Å². The number of benzene rings is 1. The van der Waals surface area contributed by atoms with Crippen LogP contribution < -0.4 is 5.32 Å². The summed E-state index contributed by atoms with van der Waals surface area (Å²) in [6.45, 7) is 3.45. The van der Waals surface area contributed by atoms with Crippen LogP contribution in [0.1, 0.15) is 17.1 Å². The minimum Gasteiger partial charge on any atom is -0.356 e. The summed E-state index contributed by atoms with van der Waals surface area (Å²) >= 11 is 0. The van der Waals surface area contributed by atoms with E-state index in [0.29, 0.717) is 6.54 Å². The maximum atomic E-state index is 4.50. The molecule has 0 aliphatic rings. The van der Waals surface area contributed by atoms with Crippen LogP contribution in [0.5, 0.6) is 0 Å². The topological polar surface area (TPSA) is 69.2 Å². The molecule has 2 N–H and O–H groups in total. The second-order valence-corrected chi connectivity index (χ2v) is 6.50. The first kappa shape index (κ1) is 18.6. The number of nitrogens with zero attached hydrogens (tertiary/aromatic N) is 4. The second kappa shape index (κ2) is 8.98. The Bertz CT molecular complexity index is 867. The van der Waals surface area contributed by atoms with E-state index >= 15 is 0 Å². The normalized spacial score (nSPS) is 11.4. The summed E-state index contributed by atoms with van der Waals surface area (Å²) in [4.78, 5) is 18.6. The van der Waals surface area contributed by atoms with Gasteiger partial charge in [-0.2, -0.15) is 0 Å². The number of pyridine rings is 1. The van der Waals surface area contributed by atoms with Gasteiger partial charge in [-0.1, -0.05) is 36.4 Å². The fourth-order valence-corrected chi connectivity index (χ4v) is 2.86. The zero-order chi connectivity index (χ0) is 19.1. The molecular weight excluding hydrogens is 336 g/mol. The van der Waals surface area contributed by atoms with Gasteiger partial charge < -0.3 is 15.2 Å². The molecule has 1 aromatic carbocycles. The van der Waals surface area contributed by atoms with Crippen LogP contribution in [-0.2, 0) is 13.0 Å². The highest BCUT2D eigenvalue weighted by atomic mass is 15.3. The lowest BCUT2D eigenvalue weighted by atomic mass is 10.2. The third-order valence-electron chi connectivity index (χ3n) is 4.34. The van der Waals surface area contributed by atoms with E-state index in [4.69, 9.17) is 0 Å². The Kier molecular flexibility index (Phi) is 6.20. The van der Waals surface area contributed by atoms with Crippen LogP contribution >= 0.6 is 0 Å². The standard InChI is InChI=1S/C21H26N6/c1-16-9-10-17(13-24-16)11-12-23-21(22-2)27(3)15-20-25-14-19(26-20)18-7-5-4-6-8-18/h4-10,13-14H,11-12,15H2,1-3H3,(H,22,23)(H,25,26). The van der Waals surface area contributed by atoms with Gasteiger partial charge in [-0.25, -0.2) is 4.98 Å². The van der Waals surface area contributed by atoms with E-state index in [1.165, 1.54) is 5.56 Å². The van der Waals surface area contributed by atoms with Crippen LogP contribution in [0.15, 0.2) is 59.9 Å². The average molecular weight is 362 g/mol. The van der Waals surface area contributed by atoms with E-state index in [1.54, 1.807) is 7.05 Å². The quantitative estimate of drug-likeness (QED) is 0.522. The molecule has 6 heteroatoms. The fourth-order valence-electron chi connectivity index (χ4n) is 2.86. The number of aryl methyl sites for hydroxylation is 1. The molecule has 2 aromatic heterocycles. The van der Waals surface area contributed by atoms with E-state index < -0.39 is 0 Å². The number of aliphatic imine (C=N–C) groups is 1. The Labute approximate surface area is 160 Å². The maximum Gasteiger partial charge on any atom is 0.193 e. The Hall–Kier alpha value is -3.15. The Morgan fingerprint density at radius 3 is 2.63 bits per heavy atom. The predicted octanol–water partition coefficient (Wildman–Crippen LogP) is 3.03. The number of rotatable bonds is 6. The lowest BCUT2D eigenvalue weighted by Gasteiger charge is -2.21. The van der Waals surface area contributed by atoms with Crippen molar-refractivity contribution in [3.05, 3.63) is 71.9 Å². The van der Waals surface area contributed by atoms with E-state index in [1.807, 2.05) is 50.6 Å². The zero-order valence-electron chi connectivity index (χ0n) is 16.1. The molecular formula is C21H26N6. The number of guanidine groups is 1. The largest absolute Gasteiger partial charge is 0.356 e. The van der Waals surface area contributed by atoms with Gasteiger partial charge in [0.1, 0.15) is 5.82 Å². The van der Waals surface area contributed by atoms with Gasteiger partial charge in [0.25, 0.3) is 0 Å². The number of nitrogens with one attached hydrogen (secondary N) is 2. The van der Waals surface area contributed by atoms with Crippen LogP contribution in [-0.4, -0.2) is 46.5 Å². The molecule has 0 saturated heterocycles. The highest BCUT2D eigenvalue weighted by molar-refractivity contribution is 5.79. The monoisotopic (exact) mass is 362 g/mol. The lowest BCUT2D eigenvalue weighted by Crippen LogP contribution is -2.39. The molecule has 0 radical (unpaired) electrons. The van der Waals surface area contributed by atoms with Crippen molar-refractivity contribution in [2.24, 2.45) is 4.99 Å². The van der Waals surface area contributed by atoms with Crippen molar-refractivity contribution >= 4 is 5.96 Å². The van der Waals surface area contributed by atoms with Gasteiger partial charge >= 0.3 is 0 Å². The van der Waals surface area contributed by atoms with Crippen molar-refractivity contribution in [1.82, 2.24) is 25.2 Å². The van der Waals surface area contributed by atoms with Crippen molar-refractivity contribution in [3.8, 4) is 11.3 Å². The van der Waals surface area contributed by atoms with Gasteiger partial charge in [0.05, 0.1) is 18.4 Å². The highest BCUT2D eigenvalue weighted by Gasteiger charge is 2.09. The van der Waals surface area contributed by atoms with Crippen LogP contribution in [0.4, 0.5) is 0 Å². The third kappa shape index (κ3) is 5.17. The van der Waals surface area contributed by atoms with E-state index in [-0.39, 0.29) is 0 Å². The van der Waals surface area contributed by atoms with E-state index in [2.05, 4.69) is 48.4 Å². The predicted molar refractivity (Wildman–Crippen MR) is 110 cm³/mol.